The number of rotatable bonds is 19. The van der Waals surface area contributed by atoms with Gasteiger partial charge in [-0.05, 0) is 66.9 Å². The average molecular weight is 640 g/mol. The van der Waals surface area contributed by atoms with E-state index in [-0.39, 0.29) is 34.4 Å². The van der Waals surface area contributed by atoms with E-state index in [0.717, 1.165) is 24.8 Å². The van der Waals surface area contributed by atoms with Gasteiger partial charge in [0.15, 0.2) is 0 Å². The molecule has 3 rings (SSSR count). The zero-order chi connectivity index (χ0) is 32.5. The van der Waals surface area contributed by atoms with Gasteiger partial charge < -0.3 is 10.1 Å². The van der Waals surface area contributed by atoms with Crippen LogP contribution in [0.3, 0.4) is 0 Å². The number of nitrogens with zero attached hydrogens (tertiary/aromatic N) is 1. The Morgan fingerprint density at radius 3 is 2.02 bits per heavy atom. The third-order valence-electron chi connectivity index (χ3n) is 7.22. The van der Waals surface area contributed by atoms with Crippen molar-refractivity contribution in [2.24, 2.45) is 0 Å². The molecule has 0 bridgehead atoms. The zero-order valence-electron chi connectivity index (χ0n) is 25.7. The first-order valence-electron chi connectivity index (χ1n) is 15.5. The first-order chi connectivity index (χ1) is 21.7. The first-order valence-corrected chi connectivity index (χ1v) is 17.0. The van der Waals surface area contributed by atoms with Gasteiger partial charge in [-0.2, -0.15) is 0 Å². The van der Waals surface area contributed by atoms with Crippen LogP contribution < -0.4 is 10.0 Å². The highest BCUT2D eigenvalue weighted by atomic mass is 32.2. The molecule has 45 heavy (non-hydrogen) atoms. The number of aromatic nitrogens is 1. The van der Waals surface area contributed by atoms with Crippen molar-refractivity contribution >= 4 is 27.8 Å². The maximum absolute atomic E-state index is 13.0. The van der Waals surface area contributed by atoms with Crippen molar-refractivity contribution in [2.45, 2.75) is 89.1 Å². The highest BCUT2D eigenvalue weighted by Gasteiger charge is 2.20. The summed E-state index contributed by atoms with van der Waals surface area (Å²) in [6.45, 7) is 2.48. The number of unbranched alkanes of at least 4 members (excludes halogenated alkanes) is 8. The molecule has 0 radical (unpaired) electrons. The van der Waals surface area contributed by atoms with Gasteiger partial charge in [0.2, 0.25) is 0 Å². The van der Waals surface area contributed by atoms with E-state index >= 15 is 0 Å². The number of amides is 2. The number of hydrogen-bond donors (Lipinski definition) is 2. The molecule has 0 spiro atoms. The Labute approximate surface area is 265 Å². The molecule has 0 unspecified atom stereocenters. The Morgan fingerprint density at radius 2 is 1.40 bits per heavy atom. The molecule has 0 aliphatic carbocycles. The lowest BCUT2D eigenvalue weighted by Gasteiger charge is -2.09. The van der Waals surface area contributed by atoms with Crippen molar-refractivity contribution in [1.82, 2.24) is 15.0 Å². The predicted octanol–water partition coefficient (Wildman–Crippen LogP) is 6.28. The van der Waals surface area contributed by atoms with E-state index in [2.05, 4.69) is 17.2 Å². The quantitative estimate of drug-likeness (QED) is 0.117. The van der Waals surface area contributed by atoms with Crippen LogP contribution in [0.2, 0.25) is 0 Å². The van der Waals surface area contributed by atoms with Crippen LogP contribution in [-0.4, -0.2) is 37.7 Å². The number of benzene rings is 2. The normalized spacial score (nSPS) is 11.2. The van der Waals surface area contributed by atoms with Crippen LogP contribution in [0.15, 0.2) is 71.8 Å². The highest BCUT2D eigenvalue weighted by molar-refractivity contribution is 7.90. The van der Waals surface area contributed by atoms with E-state index in [1.165, 1.54) is 93.3 Å². The lowest BCUT2D eigenvalue weighted by molar-refractivity contribution is -0.145. The lowest BCUT2D eigenvalue weighted by atomic mass is 10.1. The molecule has 0 saturated heterocycles. The molecule has 2 N–H and O–H groups in total. The van der Waals surface area contributed by atoms with Gasteiger partial charge in [0, 0.05) is 24.7 Å². The SMILES string of the molecule is CCCCCCCCCCCC(=O)OCc1ccc(C(=O)NS(=O)(=O)c2ccc(C(=O)NCCc3ccc(F)cc3)cc2)cn1. The summed E-state index contributed by atoms with van der Waals surface area (Å²) in [5.74, 6) is -1.91. The fourth-order valence-electron chi connectivity index (χ4n) is 4.55. The molecule has 2 aromatic carbocycles. The van der Waals surface area contributed by atoms with E-state index in [9.17, 15) is 27.2 Å². The number of nitrogens with one attached hydrogen (secondary N) is 2. The summed E-state index contributed by atoms with van der Waals surface area (Å²) in [7, 11) is -4.22. The Bertz CT molecular complexity index is 1480. The minimum Gasteiger partial charge on any atom is -0.459 e. The summed E-state index contributed by atoms with van der Waals surface area (Å²) >= 11 is 0. The number of halogens is 1. The minimum absolute atomic E-state index is 0.0144. The Kier molecular flexibility index (Phi) is 14.6. The molecule has 3 aromatic rings. The number of ether oxygens (including phenoxy) is 1. The van der Waals surface area contributed by atoms with Crippen molar-refractivity contribution in [3.05, 3.63) is 95.1 Å². The number of carbonyl (C=O) groups excluding carboxylic acids is 3. The number of carbonyl (C=O) groups is 3. The summed E-state index contributed by atoms with van der Waals surface area (Å²) in [4.78, 5) is 41.0. The van der Waals surface area contributed by atoms with Crippen molar-refractivity contribution in [3.63, 3.8) is 0 Å². The Hall–Kier alpha value is -4.12. The Balaban J connectivity index is 1.38. The van der Waals surface area contributed by atoms with E-state index in [4.69, 9.17) is 4.74 Å². The first kappa shape index (κ1) is 35.4. The van der Waals surface area contributed by atoms with E-state index in [1.807, 2.05) is 4.72 Å². The average Bonchev–Trinajstić information content (AvgIpc) is 3.04. The van der Waals surface area contributed by atoms with Gasteiger partial charge in [-0.15, -0.1) is 0 Å². The molecule has 0 aliphatic rings. The lowest BCUT2D eigenvalue weighted by Crippen LogP contribution is -2.31. The molecule has 0 saturated carbocycles. The van der Waals surface area contributed by atoms with Crippen LogP contribution in [0.1, 0.15) is 103 Å². The van der Waals surface area contributed by atoms with Crippen LogP contribution >= 0.6 is 0 Å². The third-order valence-corrected chi connectivity index (χ3v) is 8.57. The van der Waals surface area contributed by atoms with E-state index in [1.54, 1.807) is 12.1 Å². The van der Waals surface area contributed by atoms with Gasteiger partial charge in [-0.3, -0.25) is 19.4 Å². The molecular formula is C34H42FN3O6S. The molecule has 9 nitrogen and oxygen atoms in total. The standard InChI is InChI=1S/C34H42FN3O6S/c1-2-3-4-5-6-7-8-9-10-11-32(39)44-25-30-19-14-28(24-37-30)34(41)38-45(42,43)31-20-15-27(16-21-31)33(40)36-23-22-26-12-17-29(35)18-13-26/h12-21,24H,2-11,22-23,25H2,1H3,(H,36,40)(H,38,41). The summed E-state index contributed by atoms with van der Waals surface area (Å²) in [5, 5.41) is 2.73. The van der Waals surface area contributed by atoms with Crippen LogP contribution in [0.4, 0.5) is 4.39 Å². The van der Waals surface area contributed by atoms with Crippen molar-refractivity contribution in [2.75, 3.05) is 6.54 Å². The number of pyridine rings is 1. The largest absolute Gasteiger partial charge is 0.459 e. The smallest absolute Gasteiger partial charge is 0.306 e. The van der Waals surface area contributed by atoms with Gasteiger partial charge in [0.05, 0.1) is 16.2 Å². The molecule has 1 heterocycles. The Morgan fingerprint density at radius 1 is 0.778 bits per heavy atom. The van der Waals surface area contributed by atoms with Crippen molar-refractivity contribution in [3.8, 4) is 0 Å². The fraction of sp³-hybridized carbons (Fsp3) is 0.412. The summed E-state index contributed by atoms with van der Waals surface area (Å²) in [6, 6.07) is 14.0. The second kappa shape index (κ2) is 18.6. The second-order valence-corrected chi connectivity index (χ2v) is 12.6. The minimum atomic E-state index is -4.22. The molecular weight excluding hydrogens is 597 g/mol. The van der Waals surface area contributed by atoms with Crippen LogP contribution in [0.25, 0.3) is 0 Å². The number of esters is 1. The van der Waals surface area contributed by atoms with Crippen molar-refractivity contribution < 1.29 is 31.9 Å². The van der Waals surface area contributed by atoms with Crippen molar-refractivity contribution in [1.29, 1.82) is 0 Å². The summed E-state index contributed by atoms with van der Waals surface area (Å²) < 4.78 is 45.8. The van der Waals surface area contributed by atoms with Crippen LogP contribution in [0, 0.1) is 5.82 Å². The number of hydrogen-bond acceptors (Lipinski definition) is 7. The molecule has 11 heteroatoms. The van der Waals surface area contributed by atoms with Gasteiger partial charge >= 0.3 is 5.97 Å². The van der Waals surface area contributed by atoms with E-state index in [0.29, 0.717) is 25.1 Å². The fourth-order valence-corrected chi connectivity index (χ4v) is 5.52. The molecule has 0 aliphatic heterocycles. The molecule has 0 atom stereocenters. The van der Waals surface area contributed by atoms with Gasteiger partial charge in [0.1, 0.15) is 12.4 Å². The number of sulfonamides is 1. The van der Waals surface area contributed by atoms with Crippen LogP contribution in [-0.2, 0) is 32.6 Å². The summed E-state index contributed by atoms with van der Waals surface area (Å²) in [5.41, 5.74) is 1.55. The molecule has 242 valence electrons. The third kappa shape index (κ3) is 12.8. The molecule has 2 amide bonds. The van der Waals surface area contributed by atoms with Gasteiger partial charge in [0.25, 0.3) is 21.8 Å². The second-order valence-electron chi connectivity index (χ2n) is 10.9. The van der Waals surface area contributed by atoms with E-state index < -0.39 is 21.8 Å². The topological polar surface area (TPSA) is 132 Å². The van der Waals surface area contributed by atoms with Gasteiger partial charge in [-0.25, -0.2) is 17.5 Å². The maximum Gasteiger partial charge on any atom is 0.306 e. The predicted molar refractivity (Wildman–Crippen MR) is 169 cm³/mol. The molecule has 0 fully saturated rings. The monoisotopic (exact) mass is 639 g/mol. The zero-order valence-corrected chi connectivity index (χ0v) is 26.5. The van der Waals surface area contributed by atoms with Gasteiger partial charge in [-0.1, -0.05) is 70.4 Å². The van der Waals surface area contributed by atoms with Crippen LogP contribution in [0.5, 0.6) is 0 Å². The maximum atomic E-state index is 13.0. The summed E-state index contributed by atoms with van der Waals surface area (Å²) in [6.07, 6.45) is 12.5. The highest BCUT2D eigenvalue weighted by Crippen LogP contribution is 2.14. The molecule has 1 aromatic heterocycles.